The Morgan fingerprint density at radius 1 is 0.624 bits per heavy atom. The molecule has 2 saturated heterocycles. The molecule has 0 radical (unpaired) electrons. The van der Waals surface area contributed by atoms with Gasteiger partial charge in [-0.25, -0.2) is 9.59 Å². The Morgan fingerprint density at radius 2 is 1.14 bits per heavy atom. The topological polar surface area (TPSA) is 317 Å². The summed E-state index contributed by atoms with van der Waals surface area (Å²) in [6.07, 6.45) is 19.3. The van der Waals surface area contributed by atoms with Crippen LogP contribution in [0.15, 0.2) is 90.7 Å². The van der Waals surface area contributed by atoms with Crippen molar-refractivity contribution in [3.05, 3.63) is 104 Å². The molecular formula is C72H99N3O18. The van der Waals surface area contributed by atoms with Gasteiger partial charge in [-0.05, 0) is 172 Å². The average molecular weight is 1290 g/mol. The van der Waals surface area contributed by atoms with Crippen molar-refractivity contribution in [1.29, 1.82) is 0 Å². The zero-order chi connectivity index (χ0) is 66.0. The number of Topliss-reactive ketones (excluding diaryl/α,β-unsaturated/α-hetero) is 1. The van der Waals surface area contributed by atoms with Crippen LogP contribution in [0.1, 0.15) is 180 Å². The number of nitrogens with zero attached hydrogens (tertiary/aromatic N) is 1. The number of carbonyl (C=O) groups excluding carboxylic acids is 4. The monoisotopic (exact) mass is 1290 g/mol. The Bertz CT molecular complexity index is 3270. The number of nitrogens with two attached hydrogens (primary N) is 1. The number of amides is 3. The third-order valence-electron chi connectivity index (χ3n) is 26.0. The number of hydrogen-bond donors (Lipinski definition) is 7. The Labute approximate surface area is 544 Å². The largest absolute Gasteiger partial charge is 0.431 e. The number of fused-ring (bicyclic) bond motifs is 10. The molecule has 0 bridgehead atoms. The first-order valence-electron chi connectivity index (χ1n) is 34.6. The lowest BCUT2D eigenvalue weighted by molar-refractivity contribution is -0.270. The van der Waals surface area contributed by atoms with E-state index < -0.39 is 59.8 Å². The fraction of sp³-hybridized carbons (Fsp3) is 0.722. The van der Waals surface area contributed by atoms with Crippen LogP contribution in [-0.2, 0) is 42.9 Å². The smallest absolute Gasteiger partial charge is 0.335 e. The van der Waals surface area contributed by atoms with Crippen molar-refractivity contribution in [2.75, 3.05) is 39.5 Å². The van der Waals surface area contributed by atoms with Gasteiger partial charge < -0.3 is 69.1 Å². The summed E-state index contributed by atoms with van der Waals surface area (Å²) < 4.78 is 40.2. The van der Waals surface area contributed by atoms with Crippen LogP contribution in [0, 0.1) is 57.2 Å². The lowest BCUT2D eigenvalue weighted by Gasteiger charge is -2.62. The van der Waals surface area contributed by atoms with E-state index in [4.69, 9.17) is 38.3 Å². The molecule has 5 heterocycles. The summed E-state index contributed by atoms with van der Waals surface area (Å²) >= 11 is 0. The number of nitrogens with one attached hydrogen (secondary N) is 1. The summed E-state index contributed by atoms with van der Waals surface area (Å²) in [4.78, 5) is 72.0. The molecular weight excluding hydrogens is 1190 g/mol. The standard InChI is InChI=1S/C42H56N2O12.C30H43NO6/c1-40-14-9-29(22-27(40)4-5-32-31(40)10-15-41(2)30(11-16-42(32,41)52)25-3-8-36(49)54-23-25)56-39-38(51)37(50)26(24-55-39)21-28(45)13-19-53-20-17-43-33(46)12-18-44-34(47)6-7-35(44)48;1-17-24(31)16-36-27(26(17)33)37-20-8-11-28(2)19(14-20)5-6-23-22(28)9-12-29(3)21(10-13-30(23,29)34)18-4-7-25(32)35-15-18/h3,6-8,22-23,26,29-32,37-39,50-52H,4-5,9-21,24H2,1-2H3,(H,43,46);4,7,14-15,17,20-24,26-27,33-34H,5-6,8-13,16,31H2,1-3H3/t26-,29-,30+,31?,32?,37+,38?,39+,40-,41+,42-;17-,20+,21-,22?,23?,24+,26?,27-,28+,29-,30+/m01/s1. The minimum atomic E-state index is -1.32. The molecule has 6 saturated carbocycles. The highest BCUT2D eigenvalue weighted by molar-refractivity contribution is 6.13. The van der Waals surface area contributed by atoms with Crippen LogP contribution in [0.25, 0.3) is 0 Å². The van der Waals surface area contributed by atoms with Crippen LogP contribution >= 0.6 is 0 Å². The maximum absolute atomic E-state index is 12.7. The van der Waals surface area contributed by atoms with Crippen molar-refractivity contribution < 1.29 is 77.2 Å². The summed E-state index contributed by atoms with van der Waals surface area (Å²) in [5.41, 5.74) is 8.08. The first kappa shape index (κ1) is 67.9. The molecule has 13 rings (SSSR count). The third kappa shape index (κ3) is 12.5. The number of aliphatic hydroxyl groups is 5. The van der Waals surface area contributed by atoms with Crippen LogP contribution in [0.2, 0.25) is 0 Å². The van der Waals surface area contributed by atoms with Gasteiger partial charge in [0.1, 0.15) is 18.0 Å². The van der Waals surface area contributed by atoms with Gasteiger partial charge in [0.15, 0.2) is 12.6 Å². The lowest BCUT2D eigenvalue weighted by Crippen LogP contribution is -2.60. The number of rotatable bonds is 17. The fourth-order valence-corrected chi connectivity index (χ4v) is 20.2. The maximum Gasteiger partial charge on any atom is 0.335 e. The van der Waals surface area contributed by atoms with Crippen LogP contribution < -0.4 is 22.3 Å². The van der Waals surface area contributed by atoms with Crippen LogP contribution in [-0.4, -0.2) is 154 Å². The van der Waals surface area contributed by atoms with E-state index in [1.807, 2.05) is 19.1 Å². The SMILES string of the molecule is C[C@H]1C(O)[C@@H](O[C@@H]2C=C3CCC4C(CC[C@]5(C)[C@@H](c6ccc(=O)oc6)CC[C@]45O)[C@@]3(C)CC2)OC[C@@H]1N.C[C@]12CC[C@H](O[C@H]3OC[C@H](CC(=O)CCOCCNC(=O)CCN4C(=O)C=CC4=O)[C@@H](O)C3O)C=C1CCC1C2CC[C@]2(C)[C@@H](c3ccc(=O)oc3)CC[C@]12O. The molecule has 11 aliphatic rings. The number of imide groups is 1. The number of ketones is 1. The van der Waals surface area contributed by atoms with Crippen molar-refractivity contribution >= 4 is 23.5 Å². The predicted octanol–water partition coefficient (Wildman–Crippen LogP) is 6.54. The van der Waals surface area contributed by atoms with E-state index in [0.717, 1.165) is 119 Å². The molecule has 93 heavy (non-hydrogen) atoms. The second-order valence-corrected chi connectivity index (χ2v) is 30.4. The molecule has 510 valence electrons. The second-order valence-electron chi connectivity index (χ2n) is 30.4. The number of carbonyl (C=O) groups is 4. The Kier molecular flexibility index (Phi) is 19.5. The molecule has 3 amide bonds. The Morgan fingerprint density at radius 3 is 1.66 bits per heavy atom. The van der Waals surface area contributed by atoms with Crippen LogP contribution in [0.3, 0.4) is 0 Å². The third-order valence-corrected chi connectivity index (χ3v) is 26.0. The summed E-state index contributed by atoms with van der Waals surface area (Å²) in [7, 11) is 0. The van der Waals surface area contributed by atoms with E-state index in [9.17, 15) is 54.3 Å². The summed E-state index contributed by atoms with van der Waals surface area (Å²) in [5.74, 6) is -0.484. The van der Waals surface area contributed by atoms with Gasteiger partial charge in [0.2, 0.25) is 5.91 Å². The summed E-state index contributed by atoms with van der Waals surface area (Å²) in [5, 5.41) is 60.2. The zero-order valence-electron chi connectivity index (χ0n) is 54.8. The van der Waals surface area contributed by atoms with Crippen molar-refractivity contribution in [2.45, 2.75) is 229 Å². The Hall–Kier alpha value is -5.04. The van der Waals surface area contributed by atoms with Gasteiger partial charge in [-0.2, -0.15) is 0 Å². The van der Waals surface area contributed by atoms with E-state index in [2.05, 4.69) is 45.2 Å². The molecule has 0 aromatic carbocycles. The Balaban J connectivity index is 0.000000194. The van der Waals surface area contributed by atoms with Crippen molar-refractivity contribution in [1.82, 2.24) is 10.2 Å². The van der Waals surface area contributed by atoms with Crippen molar-refractivity contribution in [2.24, 2.45) is 62.9 Å². The average Bonchev–Trinajstić information content (AvgIpc) is 1.66. The molecule has 0 spiro atoms. The maximum atomic E-state index is 12.7. The minimum absolute atomic E-state index is 0.00175. The molecule has 3 aliphatic heterocycles. The number of allylic oxidation sites excluding steroid dienone is 2. The van der Waals surface area contributed by atoms with Crippen LogP contribution in [0.5, 0.6) is 0 Å². The molecule has 21 nitrogen and oxygen atoms in total. The molecule has 8 N–H and O–H groups in total. The highest BCUT2D eigenvalue weighted by Crippen LogP contribution is 2.72. The first-order chi connectivity index (χ1) is 44.3. The van der Waals surface area contributed by atoms with E-state index >= 15 is 0 Å². The number of hydrogen-bond acceptors (Lipinski definition) is 19. The van der Waals surface area contributed by atoms with Crippen LogP contribution in [0.4, 0.5) is 0 Å². The van der Waals surface area contributed by atoms with E-state index in [0.29, 0.717) is 18.4 Å². The predicted molar refractivity (Wildman–Crippen MR) is 338 cm³/mol. The zero-order valence-corrected chi connectivity index (χ0v) is 54.8. The minimum Gasteiger partial charge on any atom is -0.431 e. The van der Waals surface area contributed by atoms with E-state index in [1.165, 1.54) is 35.4 Å². The van der Waals surface area contributed by atoms with Gasteiger partial charge in [0, 0.05) is 85.3 Å². The van der Waals surface area contributed by atoms with Crippen molar-refractivity contribution in [3.8, 4) is 0 Å². The molecule has 21 heteroatoms. The molecule has 8 aliphatic carbocycles. The molecule has 6 unspecified atom stereocenters. The lowest BCUT2D eigenvalue weighted by atomic mass is 9.45. The van der Waals surface area contributed by atoms with Gasteiger partial charge in [0.05, 0.1) is 68.5 Å². The van der Waals surface area contributed by atoms with Gasteiger partial charge in [-0.15, -0.1) is 0 Å². The highest BCUT2D eigenvalue weighted by Gasteiger charge is 2.69. The van der Waals surface area contributed by atoms with E-state index in [-0.39, 0.29) is 145 Å². The summed E-state index contributed by atoms with van der Waals surface area (Å²) in [6.45, 7) is 12.2. The molecule has 2 aromatic heterocycles. The van der Waals surface area contributed by atoms with E-state index in [1.54, 1.807) is 12.5 Å². The van der Waals surface area contributed by atoms with Crippen molar-refractivity contribution in [3.63, 3.8) is 0 Å². The van der Waals surface area contributed by atoms with Gasteiger partial charge in [-0.3, -0.25) is 24.1 Å². The van der Waals surface area contributed by atoms with Gasteiger partial charge in [-0.1, -0.05) is 57.9 Å². The van der Waals surface area contributed by atoms with Gasteiger partial charge >= 0.3 is 11.3 Å². The normalized spacial score (nSPS) is 42.5. The summed E-state index contributed by atoms with van der Waals surface area (Å²) in [6, 6.07) is 6.57. The number of aliphatic hydroxyl groups excluding tert-OH is 3. The first-order valence-corrected chi connectivity index (χ1v) is 34.6. The molecule has 8 fully saturated rings. The second kappa shape index (κ2) is 26.8. The molecule has 2 aromatic rings. The molecule has 22 atom stereocenters. The van der Waals surface area contributed by atoms with Gasteiger partial charge in [0.25, 0.3) is 11.8 Å². The number of ether oxygens (including phenoxy) is 5. The quantitative estimate of drug-likeness (QED) is 0.0502. The fourth-order valence-electron chi connectivity index (χ4n) is 20.2. The highest BCUT2D eigenvalue weighted by atomic mass is 16.7.